The minimum atomic E-state index is -0.650. The van der Waals surface area contributed by atoms with Crippen LogP contribution in [0, 0.1) is 11.3 Å². The molecule has 1 heterocycles. The maximum Gasteiger partial charge on any atom is 0.267 e. The van der Waals surface area contributed by atoms with Gasteiger partial charge in [0.1, 0.15) is 11.8 Å². The smallest absolute Gasteiger partial charge is 0.267 e. The standard InChI is InChI=1S/C13H10BrN5O/c14-8-2-1-7(6-15)11(5-8)19-13-9(16)3-4-10(18-13)12(17)20/h1-5H,16H2,(H2,17,20)(H,18,19). The monoisotopic (exact) mass is 331 g/mol. The van der Waals surface area contributed by atoms with Crippen molar-refractivity contribution in [2.24, 2.45) is 5.73 Å². The quantitative estimate of drug-likeness (QED) is 0.796. The molecule has 1 amide bonds. The summed E-state index contributed by atoms with van der Waals surface area (Å²) in [5.74, 6) is -0.376. The molecule has 2 rings (SSSR count). The van der Waals surface area contributed by atoms with Crippen LogP contribution in [0.25, 0.3) is 0 Å². The number of carbonyl (C=O) groups is 1. The van der Waals surface area contributed by atoms with Crippen LogP contribution in [0.5, 0.6) is 0 Å². The number of halogens is 1. The van der Waals surface area contributed by atoms with Crippen LogP contribution < -0.4 is 16.8 Å². The summed E-state index contributed by atoms with van der Waals surface area (Å²) < 4.78 is 0.795. The highest BCUT2D eigenvalue weighted by Gasteiger charge is 2.10. The lowest BCUT2D eigenvalue weighted by Crippen LogP contribution is -2.14. The van der Waals surface area contributed by atoms with Crippen molar-refractivity contribution < 1.29 is 4.79 Å². The van der Waals surface area contributed by atoms with E-state index in [4.69, 9.17) is 16.7 Å². The Balaban J connectivity index is 2.44. The molecule has 100 valence electrons. The van der Waals surface area contributed by atoms with Crippen LogP contribution in [-0.4, -0.2) is 10.9 Å². The number of hydrogen-bond acceptors (Lipinski definition) is 5. The summed E-state index contributed by atoms with van der Waals surface area (Å²) in [4.78, 5) is 15.2. The number of benzene rings is 1. The molecule has 1 aromatic carbocycles. The predicted molar refractivity (Wildman–Crippen MR) is 79.3 cm³/mol. The van der Waals surface area contributed by atoms with E-state index < -0.39 is 5.91 Å². The van der Waals surface area contributed by atoms with Gasteiger partial charge in [0, 0.05) is 4.47 Å². The number of rotatable bonds is 3. The largest absolute Gasteiger partial charge is 0.396 e. The molecular weight excluding hydrogens is 322 g/mol. The molecule has 2 aromatic rings. The van der Waals surface area contributed by atoms with Crippen molar-refractivity contribution in [1.29, 1.82) is 5.26 Å². The van der Waals surface area contributed by atoms with E-state index in [1.54, 1.807) is 18.2 Å². The Kier molecular flexibility index (Phi) is 3.86. The van der Waals surface area contributed by atoms with Gasteiger partial charge < -0.3 is 16.8 Å². The highest BCUT2D eigenvalue weighted by Crippen LogP contribution is 2.26. The average molecular weight is 332 g/mol. The first-order chi connectivity index (χ1) is 9.51. The van der Waals surface area contributed by atoms with E-state index in [0.717, 1.165) is 4.47 Å². The van der Waals surface area contributed by atoms with Gasteiger partial charge >= 0.3 is 0 Å². The number of nitrogens with two attached hydrogens (primary N) is 2. The van der Waals surface area contributed by atoms with Crippen LogP contribution in [0.15, 0.2) is 34.8 Å². The zero-order valence-corrected chi connectivity index (χ0v) is 11.8. The van der Waals surface area contributed by atoms with Crippen LogP contribution in [-0.2, 0) is 0 Å². The first kappa shape index (κ1) is 13.8. The molecular formula is C13H10BrN5O. The third kappa shape index (κ3) is 2.87. The van der Waals surface area contributed by atoms with Gasteiger partial charge in [-0.05, 0) is 30.3 Å². The zero-order chi connectivity index (χ0) is 14.7. The van der Waals surface area contributed by atoms with Crippen LogP contribution in [0.2, 0.25) is 0 Å². The molecule has 0 saturated heterocycles. The van der Waals surface area contributed by atoms with E-state index in [1.165, 1.54) is 12.1 Å². The van der Waals surface area contributed by atoms with Crippen molar-refractivity contribution in [2.45, 2.75) is 0 Å². The molecule has 0 radical (unpaired) electrons. The average Bonchev–Trinajstić information content (AvgIpc) is 2.41. The SMILES string of the molecule is N#Cc1ccc(Br)cc1Nc1nc(C(N)=O)ccc1N. The second-order valence-electron chi connectivity index (χ2n) is 3.93. The molecule has 0 saturated carbocycles. The van der Waals surface area contributed by atoms with Crippen LogP contribution in [0.1, 0.15) is 16.1 Å². The van der Waals surface area contributed by atoms with Crippen molar-refractivity contribution in [1.82, 2.24) is 4.98 Å². The van der Waals surface area contributed by atoms with Crippen molar-refractivity contribution in [3.63, 3.8) is 0 Å². The van der Waals surface area contributed by atoms with E-state index in [2.05, 4.69) is 32.3 Å². The zero-order valence-electron chi connectivity index (χ0n) is 10.2. The normalized spacial score (nSPS) is 9.80. The number of primary amides is 1. The molecule has 0 bridgehead atoms. The fourth-order valence-corrected chi connectivity index (χ4v) is 1.91. The minimum Gasteiger partial charge on any atom is -0.396 e. The summed E-state index contributed by atoms with van der Waals surface area (Å²) in [7, 11) is 0. The lowest BCUT2D eigenvalue weighted by Gasteiger charge is -2.11. The molecule has 0 atom stereocenters. The third-order valence-corrected chi connectivity index (χ3v) is 3.03. The van der Waals surface area contributed by atoms with E-state index in [1.807, 2.05) is 0 Å². The minimum absolute atomic E-state index is 0.0928. The molecule has 7 heteroatoms. The fraction of sp³-hybridized carbons (Fsp3) is 0. The van der Waals surface area contributed by atoms with Gasteiger partial charge in [-0.3, -0.25) is 4.79 Å². The molecule has 0 fully saturated rings. The first-order valence-electron chi connectivity index (χ1n) is 5.54. The summed E-state index contributed by atoms with van der Waals surface area (Å²) in [6.07, 6.45) is 0. The maximum absolute atomic E-state index is 11.1. The second-order valence-corrected chi connectivity index (χ2v) is 4.84. The number of nitrogens with one attached hydrogen (secondary N) is 1. The number of nitriles is 1. The number of nitrogens with zero attached hydrogens (tertiary/aromatic N) is 2. The Hall–Kier alpha value is -2.59. The van der Waals surface area contributed by atoms with Crippen molar-refractivity contribution in [3.05, 3.63) is 46.1 Å². The molecule has 1 aromatic heterocycles. The summed E-state index contributed by atoms with van der Waals surface area (Å²) in [5.41, 5.74) is 12.4. The van der Waals surface area contributed by atoms with Gasteiger partial charge in [0.15, 0.2) is 5.82 Å². The van der Waals surface area contributed by atoms with Gasteiger partial charge in [0.05, 0.1) is 16.9 Å². The number of amides is 1. The van der Waals surface area contributed by atoms with Gasteiger partial charge in [-0.25, -0.2) is 4.98 Å². The van der Waals surface area contributed by atoms with E-state index in [0.29, 0.717) is 16.9 Å². The summed E-state index contributed by atoms with van der Waals surface area (Å²) in [5, 5.41) is 12.0. The second kappa shape index (κ2) is 5.59. The number of hydrogen-bond donors (Lipinski definition) is 3. The first-order valence-corrected chi connectivity index (χ1v) is 6.33. The highest BCUT2D eigenvalue weighted by molar-refractivity contribution is 9.10. The Labute approximate surface area is 123 Å². The number of pyridine rings is 1. The number of anilines is 3. The van der Waals surface area contributed by atoms with Crippen LogP contribution in [0.3, 0.4) is 0 Å². The highest BCUT2D eigenvalue weighted by atomic mass is 79.9. The molecule has 6 nitrogen and oxygen atoms in total. The number of aromatic nitrogens is 1. The lowest BCUT2D eigenvalue weighted by atomic mass is 10.2. The molecule has 0 aliphatic heterocycles. The number of carbonyl (C=O) groups excluding carboxylic acids is 1. The van der Waals surface area contributed by atoms with E-state index >= 15 is 0 Å². The van der Waals surface area contributed by atoms with E-state index in [9.17, 15) is 4.79 Å². The van der Waals surface area contributed by atoms with Gasteiger partial charge in [-0.2, -0.15) is 5.26 Å². The molecule has 0 aliphatic carbocycles. The third-order valence-electron chi connectivity index (χ3n) is 2.53. The molecule has 0 aliphatic rings. The number of nitrogen functional groups attached to an aromatic ring is 1. The van der Waals surface area contributed by atoms with Crippen LogP contribution >= 0.6 is 15.9 Å². The fourth-order valence-electron chi connectivity index (χ4n) is 1.55. The maximum atomic E-state index is 11.1. The van der Waals surface area contributed by atoms with Gasteiger partial charge in [-0.15, -0.1) is 0 Å². The Morgan fingerprint density at radius 2 is 2.10 bits per heavy atom. The summed E-state index contributed by atoms with van der Waals surface area (Å²) in [6.45, 7) is 0. The van der Waals surface area contributed by atoms with Crippen LogP contribution in [0.4, 0.5) is 17.2 Å². The van der Waals surface area contributed by atoms with Gasteiger partial charge in [0.25, 0.3) is 5.91 Å². The Morgan fingerprint density at radius 3 is 2.75 bits per heavy atom. The van der Waals surface area contributed by atoms with Gasteiger partial charge in [-0.1, -0.05) is 15.9 Å². The van der Waals surface area contributed by atoms with Crippen molar-refractivity contribution in [2.75, 3.05) is 11.1 Å². The molecule has 5 N–H and O–H groups in total. The lowest BCUT2D eigenvalue weighted by molar-refractivity contribution is 0.0996. The van der Waals surface area contributed by atoms with Crippen molar-refractivity contribution in [3.8, 4) is 6.07 Å². The van der Waals surface area contributed by atoms with Crippen molar-refractivity contribution >= 4 is 39.0 Å². The Morgan fingerprint density at radius 1 is 1.35 bits per heavy atom. The molecule has 20 heavy (non-hydrogen) atoms. The summed E-state index contributed by atoms with van der Waals surface area (Å²) in [6, 6.07) is 10.1. The van der Waals surface area contributed by atoms with Gasteiger partial charge in [0.2, 0.25) is 0 Å². The topological polar surface area (TPSA) is 118 Å². The van der Waals surface area contributed by atoms with E-state index in [-0.39, 0.29) is 11.5 Å². The Bertz CT molecular complexity index is 723. The molecule has 0 spiro atoms. The predicted octanol–water partition coefficient (Wildman–Crippen LogP) is 2.14. The summed E-state index contributed by atoms with van der Waals surface area (Å²) >= 11 is 3.32. The molecule has 0 unspecified atom stereocenters.